The Hall–Kier alpha value is -1.75. The van der Waals surface area contributed by atoms with Crippen LogP contribution in [-0.2, 0) is 6.54 Å². The number of hydrogen-bond acceptors (Lipinski definition) is 3. The van der Waals surface area contributed by atoms with Gasteiger partial charge in [0.05, 0.1) is 0 Å². The van der Waals surface area contributed by atoms with E-state index in [-0.39, 0.29) is 6.03 Å². The minimum Gasteiger partial charge on any atom is -0.492 e. The fraction of sp³-hybridized carbons (Fsp3) is 0.650. The Balaban J connectivity index is 1.48. The molecule has 2 amide bonds. The third-order valence-electron chi connectivity index (χ3n) is 5.13. The van der Waals surface area contributed by atoms with Gasteiger partial charge in [0.2, 0.25) is 0 Å². The summed E-state index contributed by atoms with van der Waals surface area (Å²) < 4.78 is 5.76. The minimum absolute atomic E-state index is 0.0442. The van der Waals surface area contributed by atoms with Crippen LogP contribution in [0.1, 0.15) is 31.2 Å². The van der Waals surface area contributed by atoms with Gasteiger partial charge in [0.25, 0.3) is 0 Å². The van der Waals surface area contributed by atoms with Gasteiger partial charge < -0.3 is 19.9 Å². The van der Waals surface area contributed by atoms with Gasteiger partial charge in [0.1, 0.15) is 12.4 Å². The number of nitrogens with zero attached hydrogens (tertiary/aromatic N) is 2. The summed E-state index contributed by atoms with van der Waals surface area (Å²) in [4.78, 5) is 16.6. The van der Waals surface area contributed by atoms with Crippen LogP contribution in [-0.4, -0.2) is 56.2 Å². The maximum absolute atomic E-state index is 12.5. The van der Waals surface area contributed by atoms with Crippen molar-refractivity contribution in [1.82, 2.24) is 15.1 Å². The lowest BCUT2D eigenvalue weighted by molar-refractivity contribution is 0.173. The van der Waals surface area contributed by atoms with Gasteiger partial charge in [-0.15, -0.1) is 0 Å². The van der Waals surface area contributed by atoms with Crippen molar-refractivity contribution < 1.29 is 9.53 Å². The zero-order valence-corrected chi connectivity index (χ0v) is 15.7. The zero-order valence-electron chi connectivity index (χ0n) is 15.7. The molecule has 0 aromatic heterocycles. The quantitative estimate of drug-likeness (QED) is 0.748. The van der Waals surface area contributed by atoms with E-state index in [0.717, 1.165) is 29.7 Å². The fourth-order valence-corrected chi connectivity index (χ4v) is 3.42. The number of amides is 2. The average molecular weight is 345 g/mol. The first kappa shape index (κ1) is 18.1. The molecule has 2 saturated carbocycles. The normalized spacial score (nSPS) is 17.0. The Kier molecular flexibility index (Phi) is 5.84. The lowest BCUT2D eigenvalue weighted by Crippen LogP contribution is -2.45. The lowest BCUT2D eigenvalue weighted by atomic mass is 10.1. The highest BCUT2D eigenvalue weighted by molar-refractivity contribution is 5.74. The van der Waals surface area contributed by atoms with Gasteiger partial charge in [-0.05, 0) is 69.3 Å². The lowest BCUT2D eigenvalue weighted by Gasteiger charge is -2.28. The molecule has 3 rings (SSSR count). The molecule has 5 heteroatoms. The topological polar surface area (TPSA) is 44.8 Å². The summed E-state index contributed by atoms with van der Waals surface area (Å²) in [6, 6.07) is 8.47. The van der Waals surface area contributed by atoms with Crippen LogP contribution in [0.3, 0.4) is 0 Å². The predicted octanol–water partition coefficient (Wildman–Crippen LogP) is 2.96. The number of benzene rings is 1. The first-order chi connectivity index (χ1) is 12.0. The van der Waals surface area contributed by atoms with Gasteiger partial charge in [-0.2, -0.15) is 0 Å². The van der Waals surface area contributed by atoms with Crippen molar-refractivity contribution in [3.63, 3.8) is 0 Å². The second kappa shape index (κ2) is 8.09. The molecule has 1 aromatic carbocycles. The van der Waals surface area contributed by atoms with E-state index in [1.54, 1.807) is 0 Å². The molecule has 0 unspecified atom stereocenters. The number of hydrogen-bond donors (Lipinski definition) is 1. The van der Waals surface area contributed by atoms with Crippen molar-refractivity contribution in [2.75, 3.05) is 34.3 Å². The van der Waals surface area contributed by atoms with Crippen molar-refractivity contribution in [3.05, 3.63) is 29.8 Å². The van der Waals surface area contributed by atoms with Gasteiger partial charge in [0.15, 0.2) is 0 Å². The van der Waals surface area contributed by atoms with Crippen molar-refractivity contribution in [1.29, 1.82) is 0 Å². The smallest absolute Gasteiger partial charge is 0.317 e. The monoisotopic (exact) mass is 345 g/mol. The van der Waals surface area contributed by atoms with Crippen LogP contribution in [0.25, 0.3) is 0 Å². The Morgan fingerprint density at radius 1 is 1.20 bits per heavy atom. The van der Waals surface area contributed by atoms with Crippen LogP contribution in [0, 0.1) is 11.8 Å². The van der Waals surface area contributed by atoms with Crippen molar-refractivity contribution in [2.24, 2.45) is 11.8 Å². The molecular weight excluding hydrogens is 314 g/mol. The molecule has 1 N–H and O–H groups in total. The van der Waals surface area contributed by atoms with Crippen molar-refractivity contribution >= 4 is 6.03 Å². The molecule has 0 heterocycles. The Morgan fingerprint density at radius 3 is 2.48 bits per heavy atom. The number of ether oxygens (including phenoxy) is 1. The molecule has 0 aliphatic heterocycles. The summed E-state index contributed by atoms with van der Waals surface area (Å²) in [5.41, 5.74) is 1.07. The SMILES string of the molecule is CN(C)CCOc1cccc(CNC(=O)N(C)C(C2CC2)C2CC2)c1. The standard InChI is InChI=1S/C20H31N3O2/c1-22(2)11-12-25-18-6-4-5-15(13-18)14-21-20(24)23(3)19(16-7-8-16)17-9-10-17/h4-6,13,16-17,19H,7-12,14H2,1-3H3,(H,21,24). The van der Waals surface area contributed by atoms with E-state index in [1.807, 2.05) is 50.3 Å². The van der Waals surface area contributed by atoms with Crippen molar-refractivity contribution in [3.8, 4) is 5.75 Å². The predicted molar refractivity (Wildman–Crippen MR) is 99.7 cm³/mol. The second-order valence-electron chi connectivity index (χ2n) is 7.73. The first-order valence-corrected chi connectivity index (χ1v) is 9.41. The van der Waals surface area contributed by atoms with E-state index in [4.69, 9.17) is 4.74 Å². The van der Waals surface area contributed by atoms with E-state index in [9.17, 15) is 4.79 Å². The van der Waals surface area contributed by atoms with Crippen LogP contribution < -0.4 is 10.1 Å². The molecule has 5 nitrogen and oxygen atoms in total. The molecule has 25 heavy (non-hydrogen) atoms. The van der Waals surface area contributed by atoms with E-state index >= 15 is 0 Å². The Morgan fingerprint density at radius 2 is 1.88 bits per heavy atom. The number of rotatable bonds is 9. The number of likely N-dealkylation sites (N-methyl/N-ethyl adjacent to an activating group) is 1. The third-order valence-corrected chi connectivity index (χ3v) is 5.13. The maximum atomic E-state index is 12.5. The second-order valence-corrected chi connectivity index (χ2v) is 7.73. The summed E-state index contributed by atoms with van der Waals surface area (Å²) in [6.07, 6.45) is 5.13. The summed E-state index contributed by atoms with van der Waals surface area (Å²) in [5, 5.41) is 3.07. The van der Waals surface area contributed by atoms with Gasteiger partial charge >= 0.3 is 6.03 Å². The zero-order chi connectivity index (χ0) is 17.8. The summed E-state index contributed by atoms with van der Waals surface area (Å²) in [6.45, 7) is 2.08. The minimum atomic E-state index is 0.0442. The Labute approximate surface area is 151 Å². The van der Waals surface area contributed by atoms with E-state index in [2.05, 4.69) is 10.2 Å². The summed E-state index contributed by atoms with van der Waals surface area (Å²) in [7, 11) is 6.02. The molecule has 2 fully saturated rings. The summed E-state index contributed by atoms with van der Waals surface area (Å²) in [5.74, 6) is 2.32. The first-order valence-electron chi connectivity index (χ1n) is 9.41. The van der Waals surface area contributed by atoms with Crippen LogP contribution in [0.5, 0.6) is 5.75 Å². The van der Waals surface area contributed by atoms with Crippen molar-refractivity contribution in [2.45, 2.75) is 38.3 Å². The highest BCUT2D eigenvalue weighted by atomic mass is 16.5. The molecule has 0 spiro atoms. The van der Waals surface area contributed by atoms with Crippen LogP contribution in [0.2, 0.25) is 0 Å². The van der Waals surface area contributed by atoms with E-state index < -0.39 is 0 Å². The van der Waals surface area contributed by atoms with E-state index in [0.29, 0.717) is 19.2 Å². The van der Waals surface area contributed by atoms with Crippen LogP contribution in [0.15, 0.2) is 24.3 Å². The average Bonchev–Trinajstić information content (AvgIpc) is 3.47. The molecule has 1 aromatic rings. The van der Waals surface area contributed by atoms with Gasteiger partial charge in [-0.1, -0.05) is 12.1 Å². The number of carbonyl (C=O) groups is 1. The fourth-order valence-electron chi connectivity index (χ4n) is 3.42. The maximum Gasteiger partial charge on any atom is 0.317 e. The molecular formula is C20H31N3O2. The molecule has 0 bridgehead atoms. The molecule has 0 saturated heterocycles. The van der Waals surface area contributed by atoms with Crippen LogP contribution in [0.4, 0.5) is 4.79 Å². The largest absolute Gasteiger partial charge is 0.492 e. The third kappa shape index (κ3) is 5.36. The van der Waals surface area contributed by atoms with Gasteiger partial charge in [-0.3, -0.25) is 0 Å². The highest BCUT2D eigenvalue weighted by Crippen LogP contribution is 2.46. The van der Waals surface area contributed by atoms with Gasteiger partial charge in [0, 0.05) is 26.2 Å². The molecule has 0 atom stereocenters. The van der Waals surface area contributed by atoms with Crippen LogP contribution >= 0.6 is 0 Å². The molecule has 2 aliphatic carbocycles. The Bertz CT molecular complexity index is 570. The highest BCUT2D eigenvalue weighted by Gasteiger charge is 2.44. The van der Waals surface area contributed by atoms with Gasteiger partial charge in [-0.25, -0.2) is 4.79 Å². The number of nitrogens with one attached hydrogen (secondary N) is 1. The molecule has 0 radical (unpaired) electrons. The van der Waals surface area contributed by atoms with E-state index in [1.165, 1.54) is 25.7 Å². The summed E-state index contributed by atoms with van der Waals surface area (Å²) >= 11 is 0. The molecule has 2 aliphatic rings. The molecule has 138 valence electrons. The number of carbonyl (C=O) groups excluding carboxylic acids is 1. The number of urea groups is 1.